The van der Waals surface area contributed by atoms with Crippen LogP contribution in [0.2, 0.25) is 0 Å². The minimum atomic E-state index is -1.06. The van der Waals surface area contributed by atoms with Gasteiger partial charge in [-0.3, -0.25) is 9.00 Å². The Kier molecular flexibility index (Phi) is 8.05. The first-order chi connectivity index (χ1) is 10.8. The number of methoxy groups -OCH3 is 2. The quantitative estimate of drug-likeness (QED) is 0.659. The monoisotopic (exact) mass is 341 g/mol. The molecule has 5 nitrogen and oxygen atoms in total. The van der Waals surface area contributed by atoms with Crippen LogP contribution in [0.3, 0.4) is 0 Å². The van der Waals surface area contributed by atoms with Crippen molar-refractivity contribution in [1.29, 1.82) is 0 Å². The maximum atomic E-state index is 12.8. The van der Waals surface area contributed by atoms with Gasteiger partial charge < -0.3 is 15.2 Å². The summed E-state index contributed by atoms with van der Waals surface area (Å²) in [6, 6.07) is 6.79. The van der Waals surface area contributed by atoms with Crippen molar-refractivity contribution in [3.05, 3.63) is 29.8 Å². The molecule has 23 heavy (non-hydrogen) atoms. The Balaban J connectivity index is 2.96. The van der Waals surface area contributed by atoms with Crippen LogP contribution in [-0.4, -0.2) is 49.2 Å². The molecule has 0 bridgehead atoms. The molecule has 0 aliphatic heterocycles. The molecule has 1 rings (SSSR count). The molecule has 0 heterocycles. The minimum absolute atomic E-state index is 0.0464. The smallest absolute Gasteiger partial charge is 0.182 e. The van der Waals surface area contributed by atoms with Crippen LogP contribution in [0.5, 0.6) is 0 Å². The van der Waals surface area contributed by atoms with Crippen molar-refractivity contribution in [2.45, 2.75) is 30.2 Å². The van der Waals surface area contributed by atoms with Gasteiger partial charge in [0.2, 0.25) is 0 Å². The molecular formula is C17H27NO4S. The van der Waals surface area contributed by atoms with E-state index in [0.717, 1.165) is 0 Å². The summed E-state index contributed by atoms with van der Waals surface area (Å²) in [4.78, 5) is 13.5. The van der Waals surface area contributed by atoms with E-state index >= 15 is 0 Å². The van der Waals surface area contributed by atoms with Gasteiger partial charge in [-0.15, -0.1) is 0 Å². The summed E-state index contributed by atoms with van der Waals surface area (Å²) in [6.45, 7) is 2.85. The molecule has 0 saturated carbocycles. The highest BCUT2D eigenvalue weighted by Crippen LogP contribution is 2.26. The van der Waals surface area contributed by atoms with Crippen molar-refractivity contribution >= 4 is 16.6 Å². The van der Waals surface area contributed by atoms with E-state index in [0.29, 0.717) is 36.5 Å². The van der Waals surface area contributed by atoms with Crippen molar-refractivity contribution in [3.63, 3.8) is 0 Å². The Morgan fingerprint density at radius 1 is 1.17 bits per heavy atom. The van der Waals surface area contributed by atoms with E-state index < -0.39 is 16.3 Å². The van der Waals surface area contributed by atoms with Crippen LogP contribution in [0.15, 0.2) is 29.2 Å². The molecule has 2 atom stereocenters. The first-order valence-electron chi connectivity index (χ1n) is 7.59. The summed E-state index contributed by atoms with van der Waals surface area (Å²) >= 11 is 0. The first kappa shape index (κ1) is 20.0. The van der Waals surface area contributed by atoms with Gasteiger partial charge in [-0.1, -0.05) is 12.1 Å². The fourth-order valence-electron chi connectivity index (χ4n) is 2.56. The number of carbonyl (C=O) groups is 1. The van der Waals surface area contributed by atoms with Crippen LogP contribution in [0.4, 0.5) is 0 Å². The predicted octanol–water partition coefficient (Wildman–Crippen LogP) is 2.01. The van der Waals surface area contributed by atoms with E-state index in [9.17, 15) is 9.00 Å². The van der Waals surface area contributed by atoms with Crippen molar-refractivity contribution in [1.82, 2.24) is 0 Å². The second kappa shape index (κ2) is 9.27. The lowest BCUT2D eigenvalue weighted by Gasteiger charge is -2.33. The van der Waals surface area contributed by atoms with E-state index in [1.54, 1.807) is 51.7 Å². The molecule has 0 spiro atoms. The summed E-state index contributed by atoms with van der Waals surface area (Å²) < 4.78 is 21.7. The molecule has 1 aromatic rings. The molecular weight excluding hydrogens is 314 g/mol. The van der Waals surface area contributed by atoms with E-state index in [1.807, 2.05) is 0 Å². The van der Waals surface area contributed by atoms with Gasteiger partial charge in [0.1, 0.15) is 0 Å². The molecule has 1 aromatic carbocycles. The Morgan fingerprint density at radius 3 is 2.04 bits per heavy atom. The van der Waals surface area contributed by atoms with Gasteiger partial charge in [0.05, 0.1) is 5.54 Å². The summed E-state index contributed by atoms with van der Waals surface area (Å²) in [7, 11) is 2.20. The van der Waals surface area contributed by atoms with Gasteiger partial charge in [-0.25, -0.2) is 0 Å². The number of hydrogen-bond acceptors (Lipinski definition) is 5. The van der Waals surface area contributed by atoms with Gasteiger partial charge in [-0.05, 0) is 37.8 Å². The average molecular weight is 341 g/mol. The summed E-state index contributed by atoms with van der Waals surface area (Å²) in [5.41, 5.74) is 5.92. The topological polar surface area (TPSA) is 78.6 Å². The zero-order valence-corrected chi connectivity index (χ0v) is 15.2. The number of Topliss-reactive ketones (excluding diaryl/α,β-unsaturated/α-hetero) is 1. The number of nitrogens with two attached hydrogens (primary N) is 1. The average Bonchev–Trinajstić information content (AvgIpc) is 2.54. The number of ketones is 1. The largest absolute Gasteiger partial charge is 0.385 e. The highest BCUT2D eigenvalue weighted by molar-refractivity contribution is 7.84. The van der Waals surface area contributed by atoms with Crippen LogP contribution in [0.25, 0.3) is 0 Å². The van der Waals surface area contributed by atoms with E-state index in [-0.39, 0.29) is 11.7 Å². The zero-order valence-electron chi connectivity index (χ0n) is 14.3. The normalized spacial score (nSPS) is 15.4. The minimum Gasteiger partial charge on any atom is -0.385 e. The lowest BCUT2D eigenvalue weighted by Crippen LogP contribution is -2.52. The Labute approximate surface area is 141 Å². The fourth-order valence-corrected chi connectivity index (χ4v) is 3.08. The van der Waals surface area contributed by atoms with E-state index in [4.69, 9.17) is 15.2 Å². The van der Waals surface area contributed by atoms with Gasteiger partial charge in [0, 0.05) is 54.9 Å². The van der Waals surface area contributed by atoms with Crippen LogP contribution in [0, 0.1) is 5.92 Å². The standard InChI is InChI=1S/C17H27NO4S/c1-17(18,14(9-11-21-2)10-12-22-3)16(19)13-5-7-15(8-6-13)23(4)20/h5-8,14H,9-12,18H2,1-4H3. The highest BCUT2D eigenvalue weighted by atomic mass is 32.2. The van der Waals surface area contributed by atoms with Crippen molar-refractivity contribution in [2.75, 3.05) is 33.7 Å². The third-order valence-corrected chi connectivity index (χ3v) is 5.06. The Hall–Kier alpha value is -1.08. The second-order valence-corrected chi connectivity index (χ2v) is 7.23. The summed E-state index contributed by atoms with van der Waals surface area (Å²) in [5.74, 6) is -0.168. The van der Waals surface area contributed by atoms with Gasteiger partial charge in [0.25, 0.3) is 0 Å². The molecule has 6 heteroatoms. The molecule has 0 aromatic heterocycles. The number of benzene rings is 1. The van der Waals surface area contributed by atoms with Crippen molar-refractivity contribution < 1.29 is 18.5 Å². The van der Waals surface area contributed by atoms with Crippen LogP contribution < -0.4 is 5.73 Å². The first-order valence-corrected chi connectivity index (χ1v) is 9.15. The molecule has 0 aliphatic rings. The summed E-state index contributed by atoms with van der Waals surface area (Å²) in [5, 5.41) is 0. The number of rotatable bonds is 10. The van der Waals surface area contributed by atoms with Crippen LogP contribution >= 0.6 is 0 Å². The van der Waals surface area contributed by atoms with Crippen molar-refractivity contribution in [2.24, 2.45) is 11.7 Å². The Morgan fingerprint density at radius 2 is 1.65 bits per heavy atom. The lowest BCUT2D eigenvalue weighted by atomic mass is 9.77. The highest BCUT2D eigenvalue weighted by Gasteiger charge is 2.37. The van der Waals surface area contributed by atoms with Crippen LogP contribution in [-0.2, 0) is 20.3 Å². The lowest BCUT2D eigenvalue weighted by molar-refractivity contribution is 0.0749. The maximum absolute atomic E-state index is 12.8. The SMILES string of the molecule is COCCC(CCOC)C(C)(N)C(=O)c1ccc(S(C)=O)cc1. The molecule has 2 N–H and O–H groups in total. The molecule has 0 amide bonds. The Bertz CT molecular complexity index is 520. The molecule has 0 fully saturated rings. The summed E-state index contributed by atoms with van der Waals surface area (Å²) in [6.07, 6.45) is 2.99. The van der Waals surface area contributed by atoms with Gasteiger partial charge in [0.15, 0.2) is 5.78 Å². The second-order valence-electron chi connectivity index (χ2n) is 5.85. The number of hydrogen-bond donors (Lipinski definition) is 1. The van der Waals surface area contributed by atoms with E-state index in [1.165, 1.54) is 0 Å². The third kappa shape index (κ3) is 5.49. The van der Waals surface area contributed by atoms with Gasteiger partial charge in [-0.2, -0.15) is 0 Å². The van der Waals surface area contributed by atoms with Crippen LogP contribution in [0.1, 0.15) is 30.1 Å². The van der Waals surface area contributed by atoms with E-state index in [2.05, 4.69) is 0 Å². The molecule has 2 unspecified atom stereocenters. The maximum Gasteiger partial charge on any atom is 0.182 e. The molecule has 130 valence electrons. The molecule has 0 aliphatic carbocycles. The zero-order chi connectivity index (χ0) is 17.5. The molecule has 0 radical (unpaired) electrons. The predicted molar refractivity (Wildman–Crippen MR) is 92.2 cm³/mol. The third-order valence-electron chi connectivity index (χ3n) is 4.13. The number of carbonyl (C=O) groups excluding carboxylic acids is 1. The van der Waals surface area contributed by atoms with Crippen molar-refractivity contribution in [3.8, 4) is 0 Å². The number of ether oxygens (including phenoxy) is 2. The fraction of sp³-hybridized carbons (Fsp3) is 0.588. The molecule has 0 saturated heterocycles. The van der Waals surface area contributed by atoms with Gasteiger partial charge >= 0.3 is 0 Å².